The van der Waals surface area contributed by atoms with Crippen LogP contribution in [0.15, 0.2) is 24.3 Å². The van der Waals surface area contributed by atoms with Crippen molar-refractivity contribution in [3.05, 3.63) is 29.8 Å². The highest BCUT2D eigenvalue weighted by atomic mass is 16.6. The van der Waals surface area contributed by atoms with Crippen molar-refractivity contribution in [1.82, 2.24) is 0 Å². The highest BCUT2D eigenvalue weighted by Crippen LogP contribution is 2.35. The second kappa shape index (κ2) is 9.71. The second-order valence-electron chi connectivity index (χ2n) is 5.69. The number of cyclic esters (lactones) is 1. The van der Waals surface area contributed by atoms with Gasteiger partial charge in [0, 0.05) is 19.1 Å². The van der Waals surface area contributed by atoms with Gasteiger partial charge in [0.15, 0.2) is 5.75 Å². The van der Waals surface area contributed by atoms with E-state index in [4.69, 9.17) is 18.9 Å². The summed E-state index contributed by atoms with van der Waals surface area (Å²) in [5.41, 5.74) is 0.114. The molecule has 1 aliphatic heterocycles. The average molecular weight is 348 g/mol. The monoisotopic (exact) mass is 348 g/mol. The van der Waals surface area contributed by atoms with E-state index < -0.39 is 11.9 Å². The summed E-state index contributed by atoms with van der Waals surface area (Å²) in [5, 5.41) is 0. The number of fused-ring (bicyclic) bond motifs is 1. The summed E-state index contributed by atoms with van der Waals surface area (Å²) in [4.78, 5) is 23.9. The van der Waals surface area contributed by atoms with Gasteiger partial charge >= 0.3 is 11.9 Å². The zero-order chi connectivity index (χ0) is 18.1. The fraction of sp³-hybridized carbons (Fsp3) is 0.474. The maximum atomic E-state index is 12.5. The largest absolute Gasteiger partial charge is 0.496 e. The topological polar surface area (TPSA) is 71.1 Å². The summed E-state index contributed by atoms with van der Waals surface area (Å²) in [7, 11) is 1.49. The first-order valence-electron chi connectivity index (χ1n) is 8.47. The molecule has 0 unspecified atom stereocenters. The number of hydrogen-bond acceptors (Lipinski definition) is 6. The van der Waals surface area contributed by atoms with Crippen LogP contribution in [0.1, 0.15) is 49.4 Å². The minimum Gasteiger partial charge on any atom is -0.496 e. The standard InChI is InChI=1S/C19H24O6/c1-14(20)25-17-13-15(22-2)12-16-18(17)19(21)24-11-9-7-5-3-4-6-8-10-23-16/h3-4,12-13H,5-11H2,1-2H3/b4-3-. The molecule has 0 bridgehead atoms. The van der Waals surface area contributed by atoms with Crippen LogP contribution in [0.4, 0.5) is 0 Å². The van der Waals surface area contributed by atoms with Crippen LogP contribution in [0.2, 0.25) is 0 Å². The van der Waals surface area contributed by atoms with Gasteiger partial charge in [-0.1, -0.05) is 12.2 Å². The zero-order valence-electron chi connectivity index (χ0n) is 14.7. The Balaban J connectivity index is 2.35. The van der Waals surface area contributed by atoms with Crippen molar-refractivity contribution < 1.29 is 28.5 Å². The van der Waals surface area contributed by atoms with E-state index in [1.165, 1.54) is 20.1 Å². The molecular weight excluding hydrogens is 324 g/mol. The van der Waals surface area contributed by atoms with Crippen molar-refractivity contribution in [3.63, 3.8) is 0 Å². The van der Waals surface area contributed by atoms with Gasteiger partial charge in [-0.3, -0.25) is 4.79 Å². The Kier molecular flexibility index (Phi) is 7.32. The van der Waals surface area contributed by atoms with E-state index in [-0.39, 0.29) is 11.3 Å². The van der Waals surface area contributed by atoms with E-state index in [2.05, 4.69) is 12.2 Å². The molecule has 1 aliphatic rings. The number of allylic oxidation sites excluding steroid dienone is 2. The predicted molar refractivity (Wildman–Crippen MR) is 92.3 cm³/mol. The minimum absolute atomic E-state index is 0.0823. The fourth-order valence-electron chi connectivity index (χ4n) is 2.45. The number of benzene rings is 1. The third-order valence-electron chi connectivity index (χ3n) is 3.67. The molecule has 0 saturated carbocycles. The molecular formula is C19H24O6. The van der Waals surface area contributed by atoms with Gasteiger partial charge in [0.2, 0.25) is 0 Å². The van der Waals surface area contributed by atoms with E-state index in [1.54, 1.807) is 6.07 Å². The molecule has 25 heavy (non-hydrogen) atoms. The fourth-order valence-corrected chi connectivity index (χ4v) is 2.45. The van der Waals surface area contributed by atoms with Crippen molar-refractivity contribution in [3.8, 4) is 17.2 Å². The lowest BCUT2D eigenvalue weighted by Crippen LogP contribution is -2.14. The molecule has 0 spiro atoms. The number of carbonyl (C=O) groups is 2. The number of hydrogen-bond donors (Lipinski definition) is 0. The van der Waals surface area contributed by atoms with Crippen LogP contribution in [-0.4, -0.2) is 32.3 Å². The molecule has 1 aromatic carbocycles. The summed E-state index contributed by atoms with van der Waals surface area (Å²) < 4.78 is 21.5. The van der Waals surface area contributed by atoms with Gasteiger partial charge in [0.1, 0.15) is 17.1 Å². The summed E-state index contributed by atoms with van der Waals surface area (Å²) in [5.74, 6) is -0.293. The molecule has 2 rings (SSSR count). The number of rotatable bonds is 2. The Morgan fingerprint density at radius 3 is 2.48 bits per heavy atom. The molecule has 0 aliphatic carbocycles. The Morgan fingerprint density at radius 1 is 1.04 bits per heavy atom. The normalized spacial score (nSPS) is 17.3. The van der Waals surface area contributed by atoms with Gasteiger partial charge in [0.25, 0.3) is 0 Å². The highest BCUT2D eigenvalue weighted by Gasteiger charge is 2.23. The van der Waals surface area contributed by atoms with Crippen LogP contribution in [0.5, 0.6) is 17.2 Å². The highest BCUT2D eigenvalue weighted by molar-refractivity contribution is 5.97. The maximum absolute atomic E-state index is 12.5. The van der Waals surface area contributed by atoms with Crippen LogP contribution in [0.3, 0.4) is 0 Å². The molecule has 0 fully saturated rings. The van der Waals surface area contributed by atoms with E-state index >= 15 is 0 Å². The van der Waals surface area contributed by atoms with Crippen molar-refractivity contribution in [2.45, 2.75) is 39.0 Å². The molecule has 136 valence electrons. The number of ether oxygens (including phenoxy) is 4. The van der Waals surface area contributed by atoms with Crippen LogP contribution in [-0.2, 0) is 9.53 Å². The molecule has 0 aromatic heterocycles. The molecule has 0 amide bonds. The average Bonchev–Trinajstić information content (AvgIpc) is 2.58. The van der Waals surface area contributed by atoms with Crippen LogP contribution in [0.25, 0.3) is 0 Å². The first-order chi connectivity index (χ1) is 12.1. The van der Waals surface area contributed by atoms with Gasteiger partial charge in [-0.25, -0.2) is 4.79 Å². The second-order valence-corrected chi connectivity index (χ2v) is 5.69. The Bertz CT molecular complexity index is 635. The number of methoxy groups -OCH3 is 1. The third kappa shape index (κ3) is 5.81. The van der Waals surface area contributed by atoms with Gasteiger partial charge in [-0.15, -0.1) is 0 Å². The molecule has 0 saturated heterocycles. The van der Waals surface area contributed by atoms with Crippen molar-refractivity contribution >= 4 is 11.9 Å². The predicted octanol–water partition coefficient (Wildman–Crippen LogP) is 3.68. The summed E-state index contributed by atoms with van der Waals surface area (Å²) in [6.07, 6.45) is 8.68. The Labute approximate surface area is 147 Å². The Hall–Kier alpha value is -2.50. The molecule has 1 aromatic rings. The molecule has 1 heterocycles. The van der Waals surface area contributed by atoms with E-state index in [1.807, 2.05) is 0 Å². The van der Waals surface area contributed by atoms with Gasteiger partial charge in [-0.2, -0.15) is 0 Å². The first kappa shape index (κ1) is 18.8. The van der Waals surface area contributed by atoms with E-state index in [0.717, 1.165) is 32.1 Å². The SMILES string of the molecule is COc1cc2c(c(OC(C)=O)c1)C(=O)OCCCC/C=C\CCCO2. The maximum Gasteiger partial charge on any atom is 0.345 e. The van der Waals surface area contributed by atoms with E-state index in [9.17, 15) is 9.59 Å². The van der Waals surface area contributed by atoms with Crippen LogP contribution >= 0.6 is 0 Å². The van der Waals surface area contributed by atoms with Gasteiger partial charge < -0.3 is 18.9 Å². The molecule has 6 heteroatoms. The third-order valence-corrected chi connectivity index (χ3v) is 3.67. The van der Waals surface area contributed by atoms with Crippen molar-refractivity contribution in [2.75, 3.05) is 20.3 Å². The number of carbonyl (C=O) groups excluding carboxylic acids is 2. The lowest BCUT2D eigenvalue weighted by molar-refractivity contribution is -0.131. The molecule has 0 atom stereocenters. The van der Waals surface area contributed by atoms with Crippen molar-refractivity contribution in [2.24, 2.45) is 0 Å². The van der Waals surface area contributed by atoms with Crippen LogP contribution < -0.4 is 14.2 Å². The molecule has 0 N–H and O–H groups in total. The number of esters is 2. The summed E-state index contributed by atoms with van der Waals surface area (Å²) in [6, 6.07) is 3.09. The van der Waals surface area contributed by atoms with Crippen molar-refractivity contribution in [1.29, 1.82) is 0 Å². The zero-order valence-corrected chi connectivity index (χ0v) is 14.7. The molecule has 6 nitrogen and oxygen atoms in total. The van der Waals surface area contributed by atoms with Crippen LogP contribution in [0, 0.1) is 0 Å². The van der Waals surface area contributed by atoms with E-state index in [0.29, 0.717) is 24.7 Å². The lowest BCUT2D eigenvalue weighted by atomic mass is 10.1. The smallest absolute Gasteiger partial charge is 0.345 e. The van der Waals surface area contributed by atoms with Gasteiger partial charge in [-0.05, 0) is 32.1 Å². The lowest BCUT2D eigenvalue weighted by Gasteiger charge is -2.16. The summed E-state index contributed by atoms with van der Waals surface area (Å²) in [6.45, 7) is 2.00. The Morgan fingerprint density at radius 2 is 1.76 bits per heavy atom. The molecule has 0 radical (unpaired) electrons. The minimum atomic E-state index is -0.568. The van der Waals surface area contributed by atoms with Gasteiger partial charge in [0.05, 0.1) is 20.3 Å². The quantitative estimate of drug-likeness (QED) is 0.461. The first-order valence-corrected chi connectivity index (χ1v) is 8.47. The summed E-state index contributed by atoms with van der Waals surface area (Å²) >= 11 is 0.